The van der Waals surface area contributed by atoms with Gasteiger partial charge in [-0.1, -0.05) is 0 Å². The Morgan fingerprint density at radius 1 is 1.00 bits per heavy atom. The van der Waals surface area contributed by atoms with Crippen molar-refractivity contribution >= 4 is 17.6 Å². The van der Waals surface area contributed by atoms with Crippen molar-refractivity contribution in [2.24, 2.45) is 5.41 Å². The van der Waals surface area contributed by atoms with Crippen molar-refractivity contribution in [3.63, 3.8) is 0 Å². The van der Waals surface area contributed by atoms with E-state index < -0.39 is 0 Å². The minimum absolute atomic E-state index is 0.0667. The van der Waals surface area contributed by atoms with Crippen molar-refractivity contribution in [1.82, 2.24) is 9.80 Å². The van der Waals surface area contributed by atoms with E-state index in [1.54, 1.807) is 17.0 Å². The molecule has 0 aliphatic carbocycles. The predicted molar refractivity (Wildman–Crippen MR) is 88.2 cm³/mol. The van der Waals surface area contributed by atoms with Gasteiger partial charge in [0.15, 0.2) is 0 Å². The average molecular weight is 331 g/mol. The van der Waals surface area contributed by atoms with Crippen LogP contribution in [0.15, 0.2) is 24.3 Å². The Morgan fingerprint density at radius 2 is 1.71 bits per heavy atom. The monoisotopic (exact) mass is 331 g/mol. The van der Waals surface area contributed by atoms with Crippen LogP contribution in [-0.2, 0) is 4.79 Å². The van der Waals surface area contributed by atoms with Gasteiger partial charge in [0.2, 0.25) is 5.91 Å². The van der Waals surface area contributed by atoms with Crippen molar-refractivity contribution < 1.29 is 14.0 Å². The molecule has 0 bridgehead atoms. The summed E-state index contributed by atoms with van der Waals surface area (Å²) in [5.41, 5.74) is 0.587. The lowest BCUT2D eigenvalue weighted by molar-refractivity contribution is -0.117. The standard InChI is InChI=1S/C18H22FN3O2/c19-14-3-5-15(6-4-14)22-13-18(11-16(22)23)7-10-21(12-18)17(24)20-8-1-2-9-20/h3-6H,1-2,7-13H2/t18-/m1/s1. The molecule has 1 spiro atoms. The molecule has 3 saturated heterocycles. The zero-order chi connectivity index (χ0) is 16.7. The number of amides is 3. The van der Waals surface area contributed by atoms with Gasteiger partial charge in [-0.05, 0) is 43.5 Å². The summed E-state index contributed by atoms with van der Waals surface area (Å²) in [7, 11) is 0. The number of rotatable bonds is 1. The fourth-order valence-electron chi connectivity index (χ4n) is 4.23. The van der Waals surface area contributed by atoms with E-state index in [-0.39, 0.29) is 23.2 Å². The molecule has 1 aromatic carbocycles. The molecule has 3 aliphatic rings. The lowest BCUT2D eigenvalue weighted by atomic mass is 9.86. The molecule has 3 amide bonds. The van der Waals surface area contributed by atoms with Crippen LogP contribution in [0.2, 0.25) is 0 Å². The van der Waals surface area contributed by atoms with Gasteiger partial charge in [0, 0.05) is 50.2 Å². The second-order valence-corrected chi connectivity index (χ2v) is 7.28. The van der Waals surface area contributed by atoms with Gasteiger partial charge < -0.3 is 14.7 Å². The summed E-state index contributed by atoms with van der Waals surface area (Å²) in [5.74, 6) is -0.236. The first kappa shape index (κ1) is 15.4. The number of hydrogen-bond donors (Lipinski definition) is 0. The summed E-state index contributed by atoms with van der Waals surface area (Å²) >= 11 is 0. The Kier molecular flexibility index (Phi) is 3.70. The summed E-state index contributed by atoms with van der Waals surface area (Å²) < 4.78 is 13.1. The molecular formula is C18H22FN3O2. The highest BCUT2D eigenvalue weighted by Crippen LogP contribution is 2.42. The maximum absolute atomic E-state index is 13.1. The van der Waals surface area contributed by atoms with Crippen LogP contribution >= 0.6 is 0 Å². The number of hydrogen-bond acceptors (Lipinski definition) is 2. The third-order valence-corrected chi connectivity index (χ3v) is 5.54. The highest BCUT2D eigenvalue weighted by atomic mass is 19.1. The van der Waals surface area contributed by atoms with Gasteiger partial charge in [-0.2, -0.15) is 0 Å². The predicted octanol–water partition coefficient (Wildman–Crippen LogP) is 2.47. The molecule has 0 aromatic heterocycles. The second-order valence-electron chi connectivity index (χ2n) is 7.28. The molecule has 3 fully saturated rings. The van der Waals surface area contributed by atoms with E-state index in [0.29, 0.717) is 19.5 Å². The summed E-state index contributed by atoms with van der Waals surface area (Å²) in [6, 6.07) is 6.18. The fraction of sp³-hybridized carbons (Fsp3) is 0.556. The summed E-state index contributed by atoms with van der Waals surface area (Å²) in [5, 5.41) is 0. The maximum atomic E-state index is 13.1. The van der Waals surface area contributed by atoms with Crippen LogP contribution in [0.4, 0.5) is 14.9 Å². The number of anilines is 1. The van der Waals surface area contributed by atoms with E-state index in [2.05, 4.69) is 0 Å². The topological polar surface area (TPSA) is 43.9 Å². The Bertz CT molecular complexity index is 657. The van der Waals surface area contributed by atoms with Crippen molar-refractivity contribution in [2.45, 2.75) is 25.7 Å². The van der Waals surface area contributed by atoms with E-state index in [0.717, 1.165) is 44.6 Å². The Labute approximate surface area is 141 Å². The first-order valence-corrected chi connectivity index (χ1v) is 8.66. The van der Waals surface area contributed by atoms with E-state index in [1.807, 2.05) is 9.80 Å². The first-order valence-electron chi connectivity index (χ1n) is 8.66. The molecule has 0 saturated carbocycles. The highest BCUT2D eigenvalue weighted by molar-refractivity contribution is 5.96. The molecule has 128 valence electrons. The molecule has 0 unspecified atom stereocenters. The summed E-state index contributed by atoms with van der Waals surface area (Å²) in [4.78, 5) is 30.6. The van der Waals surface area contributed by atoms with Gasteiger partial charge in [0.05, 0.1) is 0 Å². The smallest absolute Gasteiger partial charge is 0.320 e. The van der Waals surface area contributed by atoms with Crippen LogP contribution in [0.5, 0.6) is 0 Å². The van der Waals surface area contributed by atoms with Crippen LogP contribution in [-0.4, -0.2) is 54.5 Å². The Hall–Kier alpha value is -2.11. The third-order valence-electron chi connectivity index (χ3n) is 5.54. The molecular weight excluding hydrogens is 309 g/mol. The highest BCUT2D eigenvalue weighted by Gasteiger charge is 2.49. The van der Waals surface area contributed by atoms with Crippen LogP contribution < -0.4 is 4.90 Å². The number of carbonyl (C=O) groups is 2. The van der Waals surface area contributed by atoms with Crippen LogP contribution in [0.3, 0.4) is 0 Å². The number of carbonyl (C=O) groups excluding carboxylic acids is 2. The normalized spacial score (nSPS) is 26.9. The lowest BCUT2D eigenvalue weighted by Crippen LogP contribution is -2.42. The molecule has 3 aliphatic heterocycles. The number of urea groups is 1. The third kappa shape index (κ3) is 2.64. The van der Waals surface area contributed by atoms with Crippen molar-refractivity contribution in [1.29, 1.82) is 0 Å². The van der Waals surface area contributed by atoms with E-state index in [1.165, 1.54) is 12.1 Å². The molecule has 1 atom stereocenters. The van der Waals surface area contributed by atoms with Crippen LogP contribution in [0.1, 0.15) is 25.7 Å². The molecule has 0 N–H and O–H groups in total. The summed E-state index contributed by atoms with van der Waals surface area (Å²) in [6.07, 6.45) is 3.49. The van der Waals surface area contributed by atoms with Gasteiger partial charge in [0.25, 0.3) is 0 Å². The maximum Gasteiger partial charge on any atom is 0.320 e. The molecule has 6 heteroatoms. The van der Waals surface area contributed by atoms with Gasteiger partial charge in [-0.3, -0.25) is 4.79 Å². The number of halogens is 1. The number of likely N-dealkylation sites (tertiary alicyclic amines) is 2. The molecule has 4 rings (SSSR count). The van der Waals surface area contributed by atoms with Crippen LogP contribution in [0.25, 0.3) is 0 Å². The van der Waals surface area contributed by atoms with E-state index >= 15 is 0 Å². The number of benzene rings is 1. The average Bonchev–Trinajstić information content (AvgIpc) is 3.29. The quantitative estimate of drug-likeness (QED) is 0.793. The number of nitrogens with zero attached hydrogens (tertiary/aromatic N) is 3. The zero-order valence-corrected chi connectivity index (χ0v) is 13.7. The lowest BCUT2D eigenvalue weighted by Gasteiger charge is -2.27. The minimum atomic E-state index is -0.302. The van der Waals surface area contributed by atoms with Crippen molar-refractivity contribution in [2.75, 3.05) is 37.6 Å². The van der Waals surface area contributed by atoms with Gasteiger partial charge >= 0.3 is 6.03 Å². The minimum Gasteiger partial charge on any atom is -0.325 e. The molecule has 5 nitrogen and oxygen atoms in total. The molecule has 0 radical (unpaired) electrons. The fourth-order valence-corrected chi connectivity index (χ4v) is 4.23. The van der Waals surface area contributed by atoms with Crippen molar-refractivity contribution in [3.05, 3.63) is 30.1 Å². The SMILES string of the molecule is O=C(N1CCCC1)N1CC[C@@]2(CC(=O)N(c3ccc(F)cc3)C2)C1. The molecule has 3 heterocycles. The molecule has 1 aromatic rings. The first-order chi connectivity index (χ1) is 11.6. The zero-order valence-electron chi connectivity index (χ0n) is 13.7. The van der Waals surface area contributed by atoms with Gasteiger partial charge in [-0.25, -0.2) is 9.18 Å². The van der Waals surface area contributed by atoms with Gasteiger partial charge in [-0.15, -0.1) is 0 Å². The Balaban J connectivity index is 1.46. The molecule has 24 heavy (non-hydrogen) atoms. The van der Waals surface area contributed by atoms with Crippen LogP contribution in [0, 0.1) is 11.2 Å². The largest absolute Gasteiger partial charge is 0.325 e. The van der Waals surface area contributed by atoms with E-state index in [9.17, 15) is 14.0 Å². The van der Waals surface area contributed by atoms with Gasteiger partial charge in [0.1, 0.15) is 5.82 Å². The summed E-state index contributed by atoms with van der Waals surface area (Å²) in [6.45, 7) is 3.68. The van der Waals surface area contributed by atoms with Crippen molar-refractivity contribution in [3.8, 4) is 0 Å². The van der Waals surface area contributed by atoms with E-state index in [4.69, 9.17) is 0 Å². The Morgan fingerprint density at radius 3 is 2.42 bits per heavy atom. The second kappa shape index (κ2) is 5.76.